The Labute approximate surface area is 63.3 Å². The lowest BCUT2D eigenvalue weighted by molar-refractivity contribution is 0.528. The standard InChI is InChI=1S/C9H15N/c1-5-7-8-9(6-2)10(3)4/h5-6,8H,1-2,7H2,3-4H3. The predicted octanol–water partition coefficient (Wildman–Crippen LogP) is 2.19. The fourth-order valence-electron chi connectivity index (χ4n) is 0.653. The molecule has 0 aliphatic rings. The van der Waals surface area contributed by atoms with Gasteiger partial charge in [-0.1, -0.05) is 18.7 Å². The molecule has 0 aliphatic heterocycles. The second-order valence-electron chi connectivity index (χ2n) is 2.25. The van der Waals surface area contributed by atoms with Crippen LogP contribution in [0.5, 0.6) is 0 Å². The Bertz CT molecular complexity index is 143. The van der Waals surface area contributed by atoms with E-state index < -0.39 is 0 Å². The monoisotopic (exact) mass is 137 g/mol. The Morgan fingerprint density at radius 1 is 1.40 bits per heavy atom. The van der Waals surface area contributed by atoms with Crippen LogP contribution in [0.15, 0.2) is 37.1 Å². The minimum absolute atomic E-state index is 0.902. The van der Waals surface area contributed by atoms with Crippen molar-refractivity contribution in [1.82, 2.24) is 4.90 Å². The van der Waals surface area contributed by atoms with Gasteiger partial charge in [-0.15, -0.1) is 6.58 Å². The van der Waals surface area contributed by atoms with Crippen LogP contribution in [0, 0.1) is 0 Å². The van der Waals surface area contributed by atoms with E-state index in [1.807, 2.05) is 31.1 Å². The van der Waals surface area contributed by atoms with Crippen LogP contribution in [0.25, 0.3) is 0 Å². The van der Waals surface area contributed by atoms with E-state index in [9.17, 15) is 0 Å². The third-order valence-electron chi connectivity index (χ3n) is 1.22. The molecule has 0 aromatic carbocycles. The van der Waals surface area contributed by atoms with Crippen molar-refractivity contribution in [3.63, 3.8) is 0 Å². The zero-order valence-electron chi connectivity index (χ0n) is 6.80. The van der Waals surface area contributed by atoms with Gasteiger partial charge in [0.1, 0.15) is 0 Å². The first-order chi connectivity index (χ1) is 4.72. The van der Waals surface area contributed by atoms with E-state index in [2.05, 4.69) is 19.2 Å². The van der Waals surface area contributed by atoms with E-state index in [4.69, 9.17) is 0 Å². The summed E-state index contributed by atoms with van der Waals surface area (Å²) in [5.41, 5.74) is 1.14. The zero-order chi connectivity index (χ0) is 7.98. The molecule has 0 unspecified atom stereocenters. The van der Waals surface area contributed by atoms with Gasteiger partial charge in [-0.05, 0) is 12.5 Å². The molecule has 0 amide bonds. The van der Waals surface area contributed by atoms with Gasteiger partial charge in [-0.2, -0.15) is 0 Å². The molecular weight excluding hydrogens is 122 g/mol. The summed E-state index contributed by atoms with van der Waals surface area (Å²) in [4.78, 5) is 2.02. The van der Waals surface area contributed by atoms with Crippen molar-refractivity contribution in [3.8, 4) is 0 Å². The first-order valence-electron chi connectivity index (χ1n) is 3.33. The Balaban J connectivity index is 4.03. The maximum absolute atomic E-state index is 3.69. The van der Waals surface area contributed by atoms with Gasteiger partial charge in [0.2, 0.25) is 0 Å². The molecule has 0 heterocycles. The fraction of sp³-hybridized carbons (Fsp3) is 0.333. The Hall–Kier alpha value is -0.980. The van der Waals surface area contributed by atoms with E-state index in [0.29, 0.717) is 0 Å². The van der Waals surface area contributed by atoms with Crippen molar-refractivity contribution >= 4 is 0 Å². The molecule has 0 aromatic rings. The molecule has 1 heteroatoms. The van der Waals surface area contributed by atoms with Crippen LogP contribution in [0.2, 0.25) is 0 Å². The Morgan fingerprint density at radius 3 is 2.30 bits per heavy atom. The second-order valence-corrected chi connectivity index (χ2v) is 2.25. The van der Waals surface area contributed by atoms with Crippen molar-refractivity contribution in [3.05, 3.63) is 37.1 Å². The van der Waals surface area contributed by atoms with Gasteiger partial charge < -0.3 is 4.90 Å². The van der Waals surface area contributed by atoms with Crippen LogP contribution in [0.4, 0.5) is 0 Å². The summed E-state index contributed by atoms with van der Waals surface area (Å²) in [5.74, 6) is 0. The largest absolute Gasteiger partial charge is 0.378 e. The summed E-state index contributed by atoms with van der Waals surface area (Å²) in [6.07, 6.45) is 6.69. The Morgan fingerprint density at radius 2 is 2.00 bits per heavy atom. The second kappa shape index (κ2) is 4.86. The SMILES string of the molecule is C=CCC=C(C=C)N(C)C. The highest BCUT2D eigenvalue weighted by atomic mass is 15.1. The van der Waals surface area contributed by atoms with Crippen molar-refractivity contribution in [2.24, 2.45) is 0 Å². The molecule has 0 N–H and O–H groups in total. The third-order valence-corrected chi connectivity index (χ3v) is 1.22. The van der Waals surface area contributed by atoms with Crippen LogP contribution in [-0.2, 0) is 0 Å². The normalized spacial score (nSPS) is 10.8. The van der Waals surface area contributed by atoms with Crippen molar-refractivity contribution in [1.29, 1.82) is 0 Å². The smallest absolute Gasteiger partial charge is 0.0317 e. The van der Waals surface area contributed by atoms with Gasteiger partial charge in [0.05, 0.1) is 0 Å². The highest BCUT2D eigenvalue weighted by Gasteiger charge is 1.89. The molecule has 0 rings (SSSR count). The van der Waals surface area contributed by atoms with Gasteiger partial charge in [0.15, 0.2) is 0 Å². The van der Waals surface area contributed by atoms with Crippen LogP contribution in [0.3, 0.4) is 0 Å². The summed E-state index contributed by atoms with van der Waals surface area (Å²) in [6.45, 7) is 7.32. The number of likely N-dealkylation sites (N-methyl/N-ethyl adjacent to an activating group) is 1. The minimum Gasteiger partial charge on any atom is -0.378 e. The number of nitrogens with zero attached hydrogens (tertiary/aromatic N) is 1. The number of rotatable bonds is 4. The third kappa shape index (κ3) is 3.13. The molecule has 0 fully saturated rings. The lowest BCUT2D eigenvalue weighted by Crippen LogP contribution is -2.08. The molecule has 56 valence electrons. The van der Waals surface area contributed by atoms with Crippen molar-refractivity contribution < 1.29 is 0 Å². The maximum atomic E-state index is 3.69. The first-order valence-corrected chi connectivity index (χ1v) is 3.33. The number of hydrogen-bond acceptors (Lipinski definition) is 1. The number of allylic oxidation sites excluding steroid dienone is 3. The summed E-state index contributed by atoms with van der Waals surface area (Å²) >= 11 is 0. The molecule has 0 aliphatic carbocycles. The number of hydrogen-bond donors (Lipinski definition) is 0. The molecule has 0 saturated carbocycles. The summed E-state index contributed by atoms with van der Waals surface area (Å²) in [5, 5.41) is 0. The highest BCUT2D eigenvalue weighted by Crippen LogP contribution is 2.00. The average Bonchev–Trinajstić information content (AvgIpc) is 1.89. The van der Waals surface area contributed by atoms with Gasteiger partial charge >= 0.3 is 0 Å². The maximum Gasteiger partial charge on any atom is 0.0317 e. The van der Waals surface area contributed by atoms with E-state index in [1.54, 1.807) is 0 Å². The zero-order valence-corrected chi connectivity index (χ0v) is 6.80. The van der Waals surface area contributed by atoms with Crippen LogP contribution >= 0.6 is 0 Å². The quantitative estimate of drug-likeness (QED) is 0.424. The summed E-state index contributed by atoms with van der Waals surface area (Å²) in [7, 11) is 3.99. The fourth-order valence-corrected chi connectivity index (χ4v) is 0.653. The minimum atomic E-state index is 0.902. The van der Waals surface area contributed by atoms with Crippen molar-refractivity contribution in [2.45, 2.75) is 6.42 Å². The molecular formula is C9H15N. The topological polar surface area (TPSA) is 3.24 Å². The Kier molecular flexibility index (Phi) is 4.38. The lowest BCUT2D eigenvalue weighted by Gasteiger charge is -2.12. The molecule has 10 heavy (non-hydrogen) atoms. The van der Waals surface area contributed by atoms with Gasteiger partial charge in [0.25, 0.3) is 0 Å². The molecule has 0 atom stereocenters. The molecule has 0 bridgehead atoms. The predicted molar refractivity (Wildman–Crippen MR) is 46.8 cm³/mol. The summed E-state index contributed by atoms with van der Waals surface area (Å²) < 4.78 is 0. The van der Waals surface area contributed by atoms with E-state index in [1.165, 1.54) is 0 Å². The van der Waals surface area contributed by atoms with Crippen LogP contribution in [0.1, 0.15) is 6.42 Å². The lowest BCUT2D eigenvalue weighted by atomic mass is 10.3. The van der Waals surface area contributed by atoms with Crippen LogP contribution in [-0.4, -0.2) is 19.0 Å². The van der Waals surface area contributed by atoms with Gasteiger partial charge in [-0.25, -0.2) is 0 Å². The molecule has 0 radical (unpaired) electrons. The van der Waals surface area contributed by atoms with Crippen molar-refractivity contribution in [2.75, 3.05) is 14.1 Å². The van der Waals surface area contributed by atoms with Gasteiger partial charge in [0, 0.05) is 19.8 Å². The van der Waals surface area contributed by atoms with E-state index in [0.717, 1.165) is 12.1 Å². The highest BCUT2D eigenvalue weighted by molar-refractivity contribution is 5.14. The molecule has 0 saturated heterocycles. The van der Waals surface area contributed by atoms with E-state index in [-0.39, 0.29) is 0 Å². The first kappa shape index (κ1) is 9.02. The summed E-state index contributed by atoms with van der Waals surface area (Å²) in [6, 6.07) is 0. The average molecular weight is 137 g/mol. The van der Waals surface area contributed by atoms with Gasteiger partial charge in [-0.3, -0.25) is 0 Å². The molecule has 0 aromatic heterocycles. The van der Waals surface area contributed by atoms with E-state index >= 15 is 0 Å². The molecule has 0 spiro atoms. The molecule has 1 nitrogen and oxygen atoms in total. The van der Waals surface area contributed by atoms with Crippen LogP contribution < -0.4 is 0 Å².